The summed E-state index contributed by atoms with van der Waals surface area (Å²) in [6.45, 7) is 2.17. The Hall–Kier alpha value is -2.41. The van der Waals surface area contributed by atoms with Crippen LogP contribution in [0.5, 0.6) is 5.75 Å². The maximum atomic E-state index is 12.7. The molecule has 4 rings (SSSR count). The molecule has 1 fully saturated rings. The number of hydrogen-bond acceptors (Lipinski definition) is 6. The summed E-state index contributed by atoms with van der Waals surface area (Å²) in [5, 5.41) is 3.85. The summed E-state index contributed by atoms with van der Waals surface area (Å²) in [5.74, 6) is 1.46. The van der Waals surface area contributed by atoms with Crippen molar-refractivity contribution in [1.29, 1.82) is 0 Å². The second kappa shape index (κ2) is 6.00. The minimum absolute atomic E-state index is 0.0435. The van der Waals surface area contributed by atoms with Crippen LogP contribution in [0.25, 0.3) is 0 Å². The van der Waals surface area contributed by atoms with Crippen LogP contribution in [0.2, 0.25) is 0 Å². The van der Waals surface area contributed by atoms with Crippen molar-refractivity contribution in [2.75, 3.05) is 26.4 Å². The highest BCUT2D eigenvalue weighted by atomic mass is 16.5. The van der Waals surface area contributed by atoms with Crippen molar-refractivity contribution < 1.29 is 18.8 Å². The standard InChI is InChI=1S/C16H17N3O4/c20-15(8-11-1-2-14-12(7-11)3-5-22-14)19-4-6-21-9-13(19)16-17-10-23-18-16/h1-2,7,10,13H,3-6,8-9H2. The van der Waals surface area contributed by atoms with E-state index in [2.05, 4.69) is 16.2 Å². The summed E-state index contributed by atoms with van der Waals surface area (Å²) in [6, 6.07) is 5.67. The molecular formula is C16H17N3O4. The molecule has 1 saturated heterocycles. The lowest BCUT2D eigenvalue weighted by Crippen LogP contribution is -2.44. The first-order valence-electron chi connectivity index (χ1n) is 7.69. The number of nitrogens with zero attached hydrogens (tertiary/aromatic N) is 3. The van der Waals surface area contributed by atoms with Gasteiger partial charge in [0.05, 0.1) is 26.2 Å². The fraction of sp³-hybridized carbons (Fsp3) is 0.438. The van der Waals surface area contributed by atoms with Gasteiger partial charge in [-0.2, -0.15) is 4.98 Å². The van der Waals surface area contributed by atoms with Crippen LogP contribution in [0, 0.1) is 0 Å². The highest BCUT2D eigenvalue weighted by molar-refractivity contribution is 5.79. The van der Waals surface area contributed by atoms with Crippen molar-refractivity contribution in [2.24, 2.45) is 0 Å². The first-order chi connectivity index (χ1) is 11.3. The highest BCUT2D eigenvalue weighted by Gasteiger charge is 2.31. The molecule has 2 aliphatic rings. The van der Waals surface area contributed by atoms with Gasteiger partial charge < -0.3 is 18.9 Å². The van der Waals surface area contributed by atoms with Gasteiger partial charge in [0.1, 0.15) is 11.8 Å². The van der Waals surface area contributed by atoms with Gasteiger partial charge in [-0.25, -0.2) is 0 Å². The molecule has 2 aliphatic heterocycles. The number of hydrogen-bond donors (Lipinski definition) is 0. The molecule has 0 spiro atoms. The summed E-state index contributed by atoms with van der Waals surface area (Å²) < 4.78 is 15.8. The van der Waals surface area contributed by atoms with E-state index in [9.17, 15) is 4.79 Å². The number of carbonyl (C=O) groups excluding carboxylic acids is 1. The lowest BCUT2D eigenvalue weighted by Gasteiger charge is -2.33. The van der Waals surface area contributed by atoms with Crippen LogP contribution in [0.3, 0.4) is 0 Å². The summed E-state index contributed by atoms with van der Waals surface area (Å²) in [6.07, 6.45) is 2.52. The van der Waals surface area contributed by atoms with Gasteiger partial charge >= 0.3 is 0 Å². The molecule has 120 valence electrons. The van der Waals surface area contributed by atoms with Crippen LogP contribution < -0.4 is 4.74 Å². The first-order valence-corrected chi connectivity index (χ1v) is 7.69. The van der Waals surface area contributed by atoms with Crippen molar-refractivity contribution in [3.63, 3.8) is 0 Å². The number of fused-ring (bicyclic) bond motifs is 1. The molecule has 1 aromatic heterocycles. The Morgan fingerprint density at radius 2 is 2.30 bits per heavy atom. The average Bonchev–Trinajstić information content (AvgIpc) is 3.26. The average molecular weight is 315 g/mol. The quantitative estimate of drug-likeness (QED) is 0.845. The number of rotatable bonds is 3. The van der Waals surface area contributed by atoms with Gasteiger partial charge in [0.15, 0.2) is 5.82 Å². The maximum Gasteiger partial charge on any atom is 0.227 e. The highest BCUT2D eigenvalue weighted by Crippen LogP contribution is 2.27. The number of benzene rings is 1. The van der Waals surface area contributed by atoms with Crippen LogP contribution in [-0.2, 0) is 22.4 Å². The van der Waals surface area contributed by atoms with Gasteiger partial charge in [0, 0.05) is 13.0 Å². The minimum atomic E-state index is -0.284. The van der Waals surface area contributed by atoms with Crippen LogP contribution in [-0.4, -0.2) is 47.3 Å². The monoisotopic (exact) mass is 315 g/mol. The van der Waals surface area contributed by atoms with Gasteiger partial charge in [0.2, 0.25) is 12.3 Å². The molecular weight excluding hydrogens is 298 g/mol. The topological polar surface area (TPSA) is 77.7 Å². The van der Waals surface area contributed by atoms with Crippen LogP contribution in [0.15, 0.2) is 29.1 Å². The van der Waals surface area contributed by atoms with Gasteiger partial charge in [-0.15, -0.1) is 0 Å². The van der Waals surface area contributed by atoms with Crippen molar-refractivity contribution in [3.8, 4) is 5.75 Å². The fourth-order valence-electron chi connectivity index (χ4n) is 3.07. The molecule has 1 aromatic carbocycles. The van der Waals surface area contributed by atoms with E-state index >= 15 is 0 Å². The van der Waals surface area contributed by atoms with E-state index in [4.69, 9.17) is 14.0 Å². The predicted octanol–water partition coefficient (Wildman–Crippen LogP) is 1.15. The van der Waals surface area contributed by atoms with E-state index in [-0.39, 0.29) is 11.9 Å². The first kappa shape index (κ1) is 14.2. The van der Waals surface area contributed by atoms with Crippen molar-refractivity contribution in [3.05, 3.63) is 41.5 Å². The maximum absolute atomic E-state index is 12.7. The molecule has 1 atom stereocenters. The van der Waals surface area contributed by atoms with E-state index in [0.717, 1.165) is 24.3 Å². The third kappa shape index (κ3) is 2.79. The fourth-order valence-corrected chi connectivity index (χ4v) is 3.07. The smallest absolute Gasteiger partial charge is 0.227 e. The zero-order chi connectivity index (χ0) is 15.6. The van der Waals surface area contributed by atoms with Crippen molar-refractivity contribution >= 4 is 5.91 Å². The lowest BCUT2D eigenvalue weighted by molar-refractivity contribution is -0.139. The van der Waals surface area contributed by atoms with Crippen molar-refractivity contribution in [1.82, 2.24) is 15.0 Å². The molecule has 1 unspecified atom stereocenters. The van der Waals surface area contributed by atoms with Gasteiger partial charge in [-0.1, -0.05) is 17.3 Å². The Balaban J connectivity index is 1.51. The molecule has 3 heterocycles. The zero-order valence-electron chi connectivity index (χ0n) is 12.6. The third-order valence-corrected chi connectivity index (χ3v) is 4.23. The minimum Gasteiger partial charge on any atom is -0.493 e. The Morgan fingerprint density at radius 1 is 1.35 bits per heavy atom. The Morgan fingerprint density at radius 3 is 3.17 bits per heavy atom. The summed E-state index contributed by atoms with van der Waals surface area (Å²) in [5.41, 5.74) is 2.17. The molecule has 0 N–H and O–H groups in total. The van der Waals surface area contributed by atoms with E-state index in [1.165, 1.54) is 12.0 Å². The van der Waals surface area contributed by atoms with Crippen LogP contribution in [0.4, 0.5) is 0 Å². The van der Waals surface area contributed by atoms with E-state index in [0.29, 0.717) is 32.0 Å². The van der Waals surface area contributed by atoms with Gasteiger partial charge in [0.25, 0.3) is 0 Å². The number of amides is 1. The van der Waals surface area contributed by atoms with Crippen LogP contribution >= 0.6 is 0 Å². The Kier molecular flexibility index (Phi) is 3.70. The summed E-state index contributed by atoms with van der Waals surface area (Å²) >= 11 is 0. The molecule has 0 bridgehead atoms. The summed E-state index contributed by atoms with van der Waals surface area (Å²) in [7, 11) is 0. The largest absolute Gasteiger partial charge is 0.493 e. The summed E-state index contributed by atoms with van der Waals surface area (Å²) in [4.78, 5) is 18.6. The normalized spacial score (nSPS) is 20.2. The Labute approximate surface area is 133 Å². The molecule has 0 aliphatic carbocycles. The molecule has 7 nitrogen and oxygen atoms in total. The zero-order valence-corrected chi connectivity index (χ0v) is 12.6. The third-order valence-electron chi connectivity index (χ3n) is 4.23. The number of carbonyl (C=O) groups is 1. The molecule has 7 heteroatoms. The van der Waals surface area contributed by atoms with Crippen molar-refractivity contribution in [2.45, 2.75) is 18.9 Å². The second-order valence-corrected chi connectivity index (χ2v) is 5.68. The van der Waals surface area contributed by atoms with E-state index < -0.39 is 0 Å². The van der Waals surface area contributed by atoms with Crippen LogP contribution in [0.1, 0.15) is 23.0 Å². The Bertz CT molecular complexity index is 701. The second-order valence-electron chi connectivity index (χ2n) is 5.68. The number of ether oxygens (including phenoxy) is 2. The molecule has 23 heavy (non-hydrogen) atoms. The molecule has 1 amide bonds. The molecule has 0 radical (unpaired) electrons. The number of morpholine rings is 1. The lowest BCUT2D eigenvalue weighted by atomic mass is 10.0. The SMILES string of the molecule is O=C(Cc1ccc2c(c1)CCO2)N1CCOCC1c1ncon1. The number of aromatic nitrogens is 2. The van der Waals surface area contributed by atoms with E-state index in [1.807, 2.05) is 12.1 Å². The predicted molar refractivity (Wildman–Crippen MR) is 78.9 cm³/mol. The van der Waals surface area contributed by atoms with Gasteiger partial charge in [-0.05, 0) is 17.2 Å². The van der Waals surface area contributed by atoms with Gasteiger partial charge in [-0.3, -0.25) is 4.79 Å². The molecule has 2 aromatic rings. The van der Waals surface area contributed by atoms with E-state index in [1.54, 1.807) is 4.90 Å². The molecule has 0 saturated carbocycles.